The van der Waals surface area contributed by atoms with Gasteiger partial charge in [0.2, 0.25) is 11.0 Å². The molecule has 1 aromatic heterocycles. The minimum atomic E-state index is -0.274. The van der Waals surface area contributed by atoms with Crippen molar-refractivity contribution in [1.82, 2.24) is 10.2 Å². The van der Waals surface area contributed by atoms with Crippen molar-refractivity contribution < 1.29 is 4.79 Å². The molecule has 27 heavy (non-hydrogen) atoms. The number of benzene rings is 2. The van der Waals surface area contributed by atoms with Crippen molar-refractivity contribution in [2.24, 2.45) is 0 Å². The molecule has 1 heterocycles. The van der Waals surface area contributed by atoms with Crippen molar-refractivity contribution in [2.75, 3.05) is 10.6 Å². The smallest absolute Gasteiger partial charge is 0.237 e. The van der Waals surface area contributed by atoms with Crippen LogP contribution in [0.3, 0.4) is 0 Å². The minimum absolute atomic E-state index is 0.0409. The Labute approximate surface area is 167 Å². The Morgan fingerprint density at radius 3 is 2.48 bits per heavy atom. The fourth-order valence-electron chi connectivity index (χ4n) is 2.60. The van der Waals surface area contributed by atoms with Crippen molar-refractivity contribution in [3.05, 3.63) is 59.2 Å². The molecule has 0 spiro atoms. The Morgan fingerprint density at radius 1 is 1.07 bits per heavy atom. The second-order valence-electron chi connectivity index (χ2n) is 6.38. The van der Waals surface area contributed by atoms with E-state index in [4.69, 9.17) is 0 Å². The highest BCUT2D eigenvalue weighted by atomic mass is 32.2. The van der Waals surface area contributed by atoms with E-state index in [1.807, 2.05) is 64.1 Å². The Morgan fingerprint density at radius 2 is 1.78 bits per heavy atom. The molecule has 1 amide bonds. The number of thioether (sulfide) groups is 1. The molecule has 0 bridgehead atoms. The van der Waals surface area contributed by atoms with Crippen LogP contribution in [0.1, 0.15) is 23.6 Å². The summed E-state index contributed by atoms with van der Waals surface area (Å²) in [6, 6.07) is 14.1. The van der Waals surface area contributed by atoms with Gasteiger partial charge in [-0.2, -0.15) is 0 Å². The van der Waals surface area contributed by atoms with Crippen molar-refractivity contribution in [1.29, 1.82) is 0 Å². The van der Waals surface area contributed by atoms with E-state index >= 15 is 0 Å². The van der Waals surface area contributed by atoms with Crippen LogP contribution in [0, 0.1) is 20.8 Å². The van der Waals surface area contributed by atoms with Crippen LogP contribution in [-0.2, 0) is 4.79 Å². The monoisotopic (exact) mass is 398 g/mol. The number of aryl methyl sites for hydroxylation is 3. The van der Waals surface area contributed by atoms with Gasteiger partial charge in [-0.15, -0.1) is 10.2 Å². The van der Waals surface area contributed by atoms with E-state index in [0.29, 0.717) is 5.13 Å². The molecule has 3 aromatic rings. The maximum atomic E-state index is 12.6. The lowest BCUT2D eigenvalue weighted by Crippen LogP contribution is -2.23. The van der Waals surface area contributed by atoms with Gasteiger partial charge in [-0.3, -0.25) is 4.79 Å². The maximum Gasteiger partial charge on any atom is 0.237 e. The molecule has 2 aromatic carbocycles. The summed E-state index contributed by atoms with van der Waals surface area (Å²) in [5.41, 5.74) is 5.15. The number of hydrogen-bond donors (Lipinski definition) is 2. The molecule has 0 aliphatic rings. The summed E-state index contributed by atoms with van der Waals surface area (Å²) in [7, 11) is 0. The van der Waals surface area contributed by atoms with Crippen molar-refractivity contribution in [2.45, 2.75) is 37.3 Å². The number of nitrogens with one attached hydrogen (secondary N) is 2. The first-order valence-electron chi connectivity index (χ1n) is 8.63. The van der Waals surface area contributed by atoms with Gasteiger partial charge in [0.05, 0.1) is 5.25 Å². The lowest BCUT2D eigenvalue weighted by atomic mass is 10.1. The van der Waals surface area contributed by atoms with Crippen LogP contribution in [0.5, 0.6) is 0 Å². The molecule has 1 unspecified atom stereocenters. The van der Waals surface area contributed by atoms with Crippen LogP contribution in [0.2, 0.25) is 0 Å². The van der Waals surface area contributed by atoms with Crippen LogP contribution in [0.4, 0.5) is 16.5 Å². The van der Waals surface area contributed by atoms with Gasteiger partial charge in [-0.1, -0.05) is 53.4 Å². The summed E-state index contributed by atoms with van der Waals surface area (Å²) >= 11 is 2.85. The average Bonchev–Trinajstić information content (AvgIpc) is 3.05. The fraction of sp³-hybridized carbons (Fsp3) is 0.250. The molecule has 1 atom stereocenters. The summed E-state index contributed by atoms with van der Waals surface area (Å²) in [6.45, 7) is 7.91. The molecule has 2 N–H and O–H groups in total. The molecular formula is C20H22N4OS2. The largest absolute Gasteiger partial charge is 0.330 e. The number of hydrogen-bond acceptors (Lipinski definition) is 6. The minimum Gasteiger partial charge on any atom is -0.330 e. The number of carbonyl (C=O) groups is 1. The Hall–Kier alpha value is -2.38. The van der Waals surface area contributed by atoms with E-state index < -0.39 is 0 Å². The lowest BCUT2D eigenvalue weighted by Gasteiger charge is -2.14. The zero-order chi connectivity index (χ0) is 19.4. The van der Waals surface area contributed by atoms with E-state index in [1.54, 1.807) is 0 Å². The summed E-state index contributed by atoms with van der Waals surface area (Å²) in [5, 5.41) is 15.1. The quantitative estimate of drug-likeness (QED) is 0.550. The third-order valence-electron chi connectivity index (χ3n) is 4.05. The van der Waals surface area contributed by atoms with Gasteiger partial charge in [0.25, 0.3) is 0 Å². The molecule has 0 radical (unpaired) electrons. The van der Waals surface area contributed by atoms with E-state index in [0.717, 1.165) is 26.8 Å². The molecule has 0 aliphatic heterocycles. The van der Waals surface area contributed by atoms with Gasteiger partial charge in [-0.05, 0) is 56.5 Å². The van der Waals surface area contributed by atoms with Crippen molar-refractivity contribution >= 4 is 45.5 Å². The first kappa shape index (κ1) is 19.4. The fourth-order valence-corrected chi connectivity index (χ4v) is 4.51. The lowest BCUT2D eigenvalue weighted by molar-refractivity contribution is -0.115. The molecule has 5 nitrogen and oxygen atoms in total. The van der Waals surface area contributed by atoms with E-state index in [1.165, 1.54) is 28.7 Å². The average molecular weight is 399 g/mol. The number of rotatable bonds is 6. The van der Waals surface area contributed by atoms with Crippen molar-refractivity contribution in [3.8, 4) is 0 Å². The summed E-state index contributed by atoms with van der Waals surface area (Å²) in [6.07, 6.45) is 0. The van der Waals surface area contributed by atoms with E-state index in [2.05, 4.69) is 26.9 Å². The van der Waals surface area contributed by atoms with E-state index in [9.17, 15) is 4.79 Å². The predicted octanol–water partition coefficient (Wildman–Crippen LogP) is 5.33. The SMILES string of the molecule is Cc1cccc(Nc2nnc(SC(C)C(=O)Nc3c(C)cccc3C)s2)c1. The molecule has 140 valence electrons. The van der Waals surface area contributed by atoms with Gasteiger partial charge >= 0.3 is 0 Å². The Balaban J connectivity index is 1.62. The molecule has 0 saturated heterocycles. The van der Waals surface area contributed by atoms with Gasteiger partial charge in [0, 0.05) is 11.4 Å². The van der Waals surface area contributed by atoms with Gasteiger partial charge in [0.1, 0.15) is 0 Å². The molecule has 0 aliphatic carbocycles. The number of anilines is 3. The number of aromatic nitrogens is 2. The second-order valence-corrected chi connectivity index (χ2v) is 8.95. The second kappa shape index (κ2) is 8.54. The number of carbonyl (C=O) groups excluding carboxylic acids is 1. The van der Waals surface area contributed by atoms with Gasteiger partial charge in [-0.25, -0.2) is 0 Å². The highest BCUT2D eigenvalue weighted by Gasteiger charge is 2.18. The zero-order valence-electron chi connectivity index (χ0n) is 15.7. The van der Waals surface area contributed by atoms with E-state index in [-0.39, 0.29) is 11.2 Å². The molecule has 0 saturated carbocycles. The topological polar surface area (TPSA) is 66.9 Å². The van der Waals surface area contributed by atoms with Crippen molar-refractivity contribution in [3.63, 3.8) is 0 Å². The maximum absolute atomic E-state index is 12.6. The van der Waals surface area contributed by atoms with Crippen LogP contribution in [0.25, 0.3) is 0 Å². The summed E-state index contributed by atoms with van der Waals surface area (Å²) in [4.78, 5) is 12.6. The van der Waals surface area contributed by atoms with Crippen LogP contribution >= 0.6 is 23.1 Å². The normalized spacial score (nSPS) is 11.9. The standard InChI is InChI=1S/C20H22N4OS2/c1-12-7-5-10-16(11-12)21-19-23-24-20(27-19)26-15(4)18(25)22-17-13(2)8-6-9-14(17)3/h5-11,15H,1-4H3,(H,21,23)(H,22,25). The molecule has 7 heteroatoms. The third-order valence-corrected chi connectivity index (χ3v) is 6.07. The number of amides is 1. The van der Waals surface area contributed by atoms with Gasteiger partial charge in [0.15, 0.2) is 4.34 Å². The predicted molar refractivity (Wildman–Crippen MR) is 114 cm³/mol. The van der Waals surface area contributed by atoms with Crippen LogP contribution < -0.4 is 10.6 Å². The molecule has 0 fully saturated rings. The highest BCUT2D eigenvalue weighted by Crippen LogP contribution is 2.31. The Kier molecular flexibility index (Phi) is 6.13. The first-order chi connectivity index (χ1) is 12.9. The number of para-hydroxylation sites is 1. The first-order valence-corrected chi connectivity index (χ1v) is 10.3. The van der Waals surface area contributed by atoms with Crippen LogP contribution in [-0.4, -0.2) is 21.4 Å². The van der Waals surface area contributed by atoms with Gasteiger partial charge < -0.3 is 10.6 Å². The van der Waals surface area contributed by atoms with Crippen LogP contribution in [0.15, 0.2) is 46.8 Å². The summed E-state index contributed by atoms with van der Waals surface area (Å²) in [5.74, 6) is -0.0409. The molecule has 3 rings (SSSR count). The zero-order valence-corrected chi connectivity index (χ0v) is 17.4. The number of nitrogens with zero attached hydrogens (tertiary/aromatic N) is 2. The summed E-state index contributed by atoms with van der Waals surface area (Å²) < 4.78 is 0.759. The Bertz CT molecular complexity index is 934. The highest BCUT2D eigenvalue weighted by molar-refractivity contribution is 8.02. The third kappa shape index (κ3) is 5.08. The molecular weight excluding hydrogens is 376 g/mol.